The van der Waals surface area contributed by atoms with Crippen LogP contribution in [0.5, 0.6) is 11.9 Å². The van der Waals surface area contributed by atoms with Crippen molar-refractivity contribution >= 4 is 17.6 Å². The van der Waals surface area contributed by atoms with Gasteiger partial charge in [-0.3, -0.25) is 0 Å². The SMILES string of the molecule is COc1cc(N2CCCC(N(C)c3nccc(N(C)C)n3)C2)nc(OC)n1. The minimum absolute atomic E-state index is 0.281. The van der Waals surface area contributed by atoms with Crippen LogP contribution >= 0.6 is 0 Å². The van der Waals surface area contributed by atoms with E-state index in [1.807, 2.05) is 38.2 Å². The number of likely N-dealkylation sites (N-methyl/N-ethyl adjacent to an activating group) is 1. The largest absolute Gasteiger partial charge is 0.481 e. The third-order valence-electron chi connectivity index (χ3n) is 4.73. The average Bonchev–Trinajstić information content (AvgIpc) is 2.72. The Labute approximate surface area is 160 Å². The second-order valence-electron chi connectivity index (χ2n) is 6.72. The third-order valence-corrected chi connectivity index (χ3v) is 4.73. The van der Waals surface area contributed by atoms with Gasteiger partial charge in [-0.25, -0.2) is 4.98 Å². The monoisotopic (exact) mass is 373 g/mol. The van der Waals surface area contributed by atoms with Crippen LogP contribution in [0, 0.1) is 0 Å². The van der Waals surface area contributed by atoms with Crippen LogP contribution in [0.1, 0.15) is 12.8 Å². The lowest BCUT2D eigenvalue weighted by Gasteiger charge is -2.38. The highest BCUT2D eigenvalue weighted by Crippen LogP contribution is 2.26. The summed E-state index contributed by atoms with van der Waals surface area (Å²) in [6.07, 6.45) is 3.92. The number of rotatable bonds is 6. The molecule has 0 aliphatic carbocycles. The lowest BCUT2D eigenvalue weighted by Crippen LogP contribution is -2.47. The predicted molar refractivity (Wildman–Crippen MR) is 105 cm³/mol. The molecule has 2 aromatic rings. The van der Waals surface area contributed by atoms with Crippen LogP contribution in [0.2, 0.25) is 0 Å². The van der Waals surface area contributed by atoms with E-state index >= 15 is 0 Å². The highest BCUT2D eigenvalue weighted by molar-refractivity contribution is 5.46. The van der Waals surface area contributed by atoms with Gasteiger partial charge in [-0.2, -0.15) is 15.0 Å². The molecule has 27 heavy (non-hydrogen) atoms. The molecule has 0 N–H and O–H groups in total. The zero-order valence-corrected chi connectivity index (χ0v) is 16.6. The minimum atomic E-state index is 0.281. The van der Waals surface area contributed by atoms with E-state index in [1.54, 1.807) is 20.4 Å². The number of aromatic nitrogens is 4. The summed E-state index contributed by atoms with van der Waals surface area (Å²) < 4.78 is 10.5. The average molecular weight is 373 g/mol. The van der Waals surface area contributed by atoms with Gasteiger partial charge in [0.1, 0.15) is 11.6 Å². The quantitative estimate of drug-likeness (QED) is 0.747. The maximum atomic E-state index is 5.27. The standard InChI is InChI=1S/C18H27N7O2/c1-23(2)14-8-9-19-17(20-14)24(3)13-7-6-10-25(12-13)15-11-16(26-4)22-18(21-15)27-5/h8-9,11,13H,6-7,10,12H2,1-5H3. The molecule has 3 rings (SSSR count). The Bertz CT molecular complexity index is 749. The Balaban J connectivity index is 1.79. The van der Waals surface area contributed by atoms with E-state index in [2.05, 4.69) is 29.7 Å². The van der Waals surface area contributed by atoms with Crippen molar-refractivity contribution < 1.29 is 9.47 Å². The van der Waals surface area contributed by atoms with Crippen molar-refractivity contribution in [3.05, 3.63) is 18.3 Å². The van der Waals surface area contributed by atoms with Gasteiger partial charge in [0.15, 0.2) is 0 Å². The van der Waals surface area contributed by atoms with Gasteiger partial charge < -0.3 is 24.2 Å². The van der Waals surface area contributed by atoms with Crippen molar-refractivity contribution in [3.8, 4) is 11.9 Å². The number of piperidine rings is 1. The summed E-state index contributed by atoms with van der Waals surface area (Å²) in [6, 6.07) is 4.34. The summed E-state index contributed by atoms with van der Waals surface area (Å²) in [6.45, 7) is 1.74. The first-order valence-corrected chi connectivity index (χ1v) is 8.97. The highest BCUT2D eigenvalue weighted by Gasteiger charge is 2.26. The molecule has 9 nitrogen and oxygen atoms in total. The summed E-state index contributed by atoms with van der Waals surface area (Å²) in [5, 5.41) is 0. The van der Waals surface area contributed by atoms with Crippen LogP contribution in [0.15, 0.2) is 18.3 Å². The topological polar surface area (TPSA) is 79.7 Å². The van der Waals surface area contributed by atoms with Crippen molar-refractivity contribution in [2.45, 2.75) is 18.9 Å². The van der Waals surface area contributed by atoms with Crippen molar-refractivity contribution in [3.63, 3.8) is 0 Å². The van der Waals surface area contributed by atoms with E-state index in [9.17, 15) is 0 Å². The van der Waals surface area contributed by atoms with Crippen molar-refractivity contribution in [2.24, 2.45) is 0 Å². The van der Waals surface area contributed by atoms with Crippen molar-refractivity contribution in [1.82, 2.24) is 19.9 Å². The second kappa shape index (κ2) is 8.24. The van der Waals surface area contributed by atoms with E-state index in [0.717, 1.165) is 43.5 Å². The van der Waals surface area contributed by atoms with Crippen LogP contribution in [0.4, 0.5) is 17.6 Å². The van der Waals surface area contributed by atoms with Gasteiger partial charge in [0, 0.05) is 52.5 Å². The molecule has 0 spiro atoms. The van der Waals surface area contributed by atoms with Gasteiger partial charge in [-0.1, -0.05) is 0 Å². The zero-order valence-electron chi connectivity index (χ0n) is 16.6. The molecular weight excluding hydrogens is 346 g/mol. The molecule has 3 heterocycles. The molecule has 9 heteroatoms. The maximum Gasteiger partial charge on any atom is 0.321 e. The Morgan fingerprint density at radius 2 is 1.93 bits per heavy atom. The van der Waals surface area contributed by atoms with Gasteiger partial charge in [0.25, 0.3) is 0 Å². The molecule has 0 saturated carbocycles. The molecule has 2 aromatic heterocycles. The summed E-state index contributed by atoms with van der Waals surface area (Å²) in [4.78, 5) is 24.1. The summed E-state index contributed by atoms with van der Waals surface area (Å²) in [5.74, 6) is 2.92. The first-order chi connectivity index (χ1) is 13.0. The fourth-order valence-electron chi connectivity index (χ4n) is 3.15. The number of ether oxygens (including phenoxy) is 2. The van der Waals surface area contributed by atoms with E-state index in [0.29, 0.717) is 11.9 Å². The molecule has 1 unspecified atom stereocenters. The minimum Gasteiger partial charge on any atom is -0.481 e. The lowest BCUT2D eigenvalue weighted by molar-refractivity contribution is 0.351. The first kappa shape index (κ1) is 18.9. The van der Waals surface area contributed by atoms with Gasteiger partial charge in [0.2, 0.25) is 11.8 Å². The Hall–Kier alpha value is -2.84. The molecule has 1 atom stereocenters. The van der Waals surface area contributed by atoms with E-state index in [1.165, 1.54) is 0 Å². The molecule has 146 valence electrons. The normalized spacial score (nSPS) is 16.8. The molecule has 0 radical (unpaired) electrons. The lowest BCUT2D eigenvalue weighted by atomic mass is 10.0. The van der Waals surface area contributed by atoms with Crippen LogP contribution < -0.4 is 24.2 Å². The van der Waals surface area contributed by atoms with Gasteiger partial charge in [-0.05, 0) is 18.9 Å². The van der Waals surface area contributed by atoms with E-state index in [-0.39, 0.29) is 6.04 Å². The Morgan fingerprint density at radius 3 is 2.63 bits per heavy atom. The number of hydrogen-bond donors (Lipinski definition) is 0. The van der Waals surface area contributed by atoms with E-state index in [4.69, 9.17) is 9.47 Å². The van der Waals surface area contributed by atoms with Crippen molar-refractivity contribution in [1.29, 1.82) is 0 Å². The smallest absolute Gasteiger partial charge is 0.321 e. The molecule has 0 amide bonds. The first-order valence-electron chi connectivity index (χ1n) is 8.97. The molecule has 0 bridgehead atoms. The third kappa shape index (κ3) is 4.29. The fraction of sp³-hybridized carbons (Fsp3) is 0.556. The van der Waals surface area contributed by atoms with E-state index < -0.39 is 0 Å². The Morgan fingerprint density at radius 1 is 1.11 bits per heavy atom. The zero-order chi connectivity index (χ0) is 19.4. The van der Waals surface area contributed by atoms with Gasteiger partial charge >= 0.3 is 6.01 Å². The number of nitrogens with zero attached hydrogens (tertiary/aromatic N) is 7. The fourth-order valence-corrected chi connectivity index (χ4v) is 3.15. The predicted octanol–water partition coefficient (Wildman–Crippen LogP) is 1.45. The van der Waals surface area contributed by atoms with Gasteiger partial charge in [-0.15, -0.1) is 0 Å². The Kier molecular flexibility index (Phi) is 5.78. The van der Waals surface area contributed by atoms with Crippen LogP contribution in [0.3, 0.4) is 0 Å². The summed E-state index contributed by atoms with van der Waals surface area (Å²) in [7, 11) is 9.15. The van der Waals surface area contributed by atoms with Crippen LogP contribution in [-0.2, 0) is 0 Å². The molecular formula is C18H27N7O2. The second-order valence-corrected chi connectivity index (χ2v) is 6.72. The number of anilines is 3. The molecule has 1 aliphatic rings. The molecule has 1 saturated heterocycles. The molecule has 1 aliphatic heterocycles. The van der Waals surface area contributed by atoms with Crippen molar-refractivity contribution in [2.75, 3.05) is 63.2 Å². The maximum absolute atomic E-state index is 5.27. The highest BCUT2D eigenvalue weighted by atomic mass is 16.5. The number of methoxy groups -OCH3 is 2. The molecule has 0 aromatic carbocycles. The summed E-state index contributed by atoms with van der Waals surface area (Å²) in [5.41, 5.74) is 0. The van der Waals surface area contributed by atoms with Gasteiger partial charge in [0.05, 0.1) is 14.2 Å². The number of hydrogen-bond acceptors (Lipinski definition) is 9. The van der Waals surface area contributed by atoms with Crippen LogP contribution in [-0.4, -0.2) is 74.4 Å². The molecule has 1 fully saturated rings. The summed E-state index contributed by atoms with van der Waals surface area (Å²) >= 11 is 0. The van der Waals surface area contributed by atoms with Crippen LogP contribution in [0.25, 0.3) is 0 Å².